The lowest BCUT2D eigenvalue weighted by Gasteiger charge is -2.22. The minimum Gasteiger partial charge on any atom is -0.445 e. The molecule has 11 N–H and O–H groups in total. The summed E-state index contributed by atoms with van der Waals surface area (Å²) in [5, 5.41) is 14.6. The summed E-state index contributed by atoms with van der Waals surface area (Å²) in [5.41, 5.74) is 11.0. The maximum absolute atomic E-state index is 12.5. The zero-order chi connectivity index (χ0) is 39.9. The Labute approximate surface area is 301 Å². The molecule has 0 saturated carbocycles. The van der Waals surface area contributed by atoms with E-state index < -0.39 is 29.9 Å². The Morgan fingerprint density at radius 2 is 1.52 bits per heavy atom. The minimum absolute atomic E-state index is 0.0909. The summed E-state index contributed by atoms with van der Waals surface area (Å²) in [6, 6.07) is 5.94. The van der Waals surface area contributed by atoms with Gasteiger partial charge in [0, 0.05) is 18.4 Å². The molecule has 0 aliphatic carbocycles. The molecular formula is C35H69N9O6. The first-order chi connectivity index (χ1) is 23.8. The lowest BCUT2D eigenvalue weighted by Crippen LogP contribution is -2.53. The Bertz CT molecular complexity index is 1020. The zero-order valence-corrected chi connectivity index (χ0v) is 32.3. The van der Waals surface area contributed by atoms with Crippen molar-refractivity contribution in [1.29, 1.82) is 0 Å². The second-order valence-electron chi connectivity index (χ2n) is 9.91. The van der Waals surface area contributed by atoms with Crippen molar-refractivity contribution in [2.75, 3.05) is 45.6 Å². The van der Waals surface area contributed by atoms with Crippen LogP contribution in [-0.4, -0.2) is 81.5 Å². The number of nitrogens with two attached hydrogens (primary N) is 3. The van der Waals surface area contributed by atoms with Gasteiger partial charge in [-0.15, -0.1) is 6.58 Å². The largest absolute Gasteiger partial charge is 0.445 e. The van der Waals surface area contributed by atoms with Crippen LogP contribution in [0.5, 0.6) is 0 Å². The van der Waals surface area contributed by atoms with Crippen LogP contribution in [0.3, 0.4) is 0 Å². The molecule has 0 bridgehead atoms. The quantitative estimate of drug-likeness (QED) is 0.0386. The number of primary amides is 1. The van der Waals surface area contributed by atoms with E-state index in [-0.39, 0.29) is 32.0 Å². The number of anilines is 1. The van der Waals surface area contributed by atoms with Gasteiger partial charge >= 0.3 is 6.09 Å². The number of allylic oxidation sites excluding steroid dienone is 1. The van der Waals surface area contributed by atoms with E-state index in [9.17, 15) is 19.2 Å². The number of amides is 5. The number of nitrogens with zero attached hydrogens (tertiary/aromatic N) is 1. The lowest BCUT2D eigenvalue weighted by atomic mass is 10.0. The molecule has 0 aliphatic heterocycles. The molecule has 0 heterocycles. The SMILES string of the molecule is C=CN(N)CC(=O)NC(C(=O)NCC(=O)Nc1ccc(COC(=O)NCCCC(=C)C)cc1)C(C)C.CC.CC.CCCNC.CN.NC=O. The van der Waals surface area contributed by atoms with Crippen LogP contribution in [0.4, 0.5) is 10.5 Å². The van der Waals surface area contributed by atoms with Gasteiger partial charge in [-0.25, -0.2) is 10.6 Å². The summed E-state index contributed by atoms with van der Waals surface area (Å²) in [6.45, 7) is 24.2. The van der Waals surface area contributed by atoms with Crippen molar-refractivity contribution in [1.82, 2.24) is 26.3 Å². The molecule has 15 nitrogen and oxygen atoms in total. The monoisotopic (exact) mass is 712 g/mol. The Morgan fingerprint density at radius 1 is 0.980 bits per heavy atom. The predicted octanol–water partition coefficient (Wildman–Crippen LogP) is 3.13. The van der Waals surface area contributed by atoms with E-state index in [1.807, 2.05) is 41.7 Å². The number of benzene rings is 1. The number of ether oxygens (including phenoxy) is 1. The van der Waals surface area contributed by atoms with Crippen molar-refractivity contribution in [3.63, 3.8) is 0 Å². The third-order valence-electron chi connectivity index (χ3n) is 5.41. The van der Waals surface area contributed by atoms with Crippen LogP contribution in [0.2, 0.25) is 0 Å². The van der Waals surface area contributed by atoms with E-state index in [0.29, 0.717) is 12.2 Å². The van der Waals surface area contributed by atoms with Crippen molar-refractivity contribution in [2.24, 2.45) is 23.2 Å². The highest BCUT2D eigenvalue weighted by atomic mass is 16.5. The van der Waals surface area contributed by atoms with E-state index >= 15 is 0 Å². The average molecular weight is 712 g/mol. The second kappa shape index (κ2) is 40.7. The van der Waals surface area contributed by atoms with Crippen LogP contribution in [0.25, 0.3) is 0 Å². The fourth-order valence-electron chi connectivity index (χ4n) is 3.18. The van der Waals surface area contributed by atoms with Crippen molar-refractivity contribution >= 4 is 35.9 Å². The van der Waals surface area contributed by atoms with Gasteiger partial charge in [0.1, 0.15) is 19.2 Å². The van der Waals surface area contributed by atoms with Crippen LogP contribution >= 0.6 is 0 Å². The molecule has 1 aromatic rings. The number of nitrogens with one attached hydrogen (secondary N) is 5. The minimum atomic E-state index is -0.828. The highest BCUT2D eigenvalue weighted by Crippen LogP contribution is 2.10. The van der Waals surface area contributed by atoms with Gasteiger partial charge in [0.05, 0.1) is 6.54 Å². The molecule has 5 amide bonds. The smallest absolute Gasteiger partial charge is 0.407 e. The number of carbonyl (C=O) groups excluding carboxylic acids is 5. The topological polar surface area (TPSA) is 236 Å². The predicted molar refractivity (Wildman–Crippen MR) is 205 cm³/mol. The maximum Gasteiger partial charge on any atom is 0.407 e. The standard InChI is InChI=1S/C25H38N6O5.C4H11N.2C2H6.CH3NO.CH5N/c1-6-31(26)15-22(33)30-23(18(4)5)24(34)28-14-21(32)29-20-11-9-19(10-12-20)16-36-25(35)27-13-7-8-17(2)3;1-3-4-5-2;2*1-2;2-1-3;1-2/h6,9-12,18,23H,1-2,7-8,13-16,26H2,3-5H3,(H,27,35)(H,28,34)(H,29,32)(H,30,33);5H,3-4H2,1-2H3;2*1-2H3;1H,(H2,2,3);2H2,1H3. The summed E-state index contributed by atoms with van der Waals surface area (Å²) < 4.78 is 5.17. The number of hydrogen-bond acceptors (Lipinski definition) is 10. The van der Waals surface area contributed by atoms with E-state index in [4.69, 9.17) is 15.4 Å². The molecule has 1 atom stereocenters. The van der Waals surface area contributed by atoms with Gasteiger partial charge in [-0.3, -0.25) is 19.2 Å². The zero-order valence-electron chi connectivity index (χ0n) is 32.3. The summed E-state index contributed by atoms with van der Waals surface area (Å²) in [6.07, 6.45) is 3.92. The molecule has 0 aromatic heterocycles. The third-order valence-corrected chi connectivity index (χ3v) is 5.41. The van der Waals surface area contributed by atoms with E-state index in [2.05, 4.69) is 58.1 Å². The second-order valence-corrected chi connectivity index (χ2v) is 9.91. The molecule has 0 saturated heterocycles. The normalized spacial score (nSPS) is 9.46. The van der Waals surface area contributed by atoms with Gasteiger partial charge in [0.2, 0.25) is 24.1 Å². The fourth-order valence-corrected chi connectivity index (χ4v) is 3.18. The van der Waals surface area contributed by atoms with Crippen molar-refractivity contribution in [2.45, 2.75) is 87.3 Å². The number of carbonyl (C=O) groups is 5. The molecule has 290 valence electrons. The van der Waals surface area contributed by atoms with Crippen LogP contribution in [0.1, 0.15) is 80.2 Å². The molecule has 15 heteroatoms. The molecule has 50 heavy (non-hydrogen) atoms. The molecule has 0 spiro atoms. The van der Waals surface area contributed by atoms with Crippen molar-refractivity contribution in [3.05, 3.63) is 54.8 Å². The Balaban J connectivity index is -0.000000415. The molecule has 1 rings (SSSR count). The lowest BCUT2D eigenvalue weighted by molar-refractivity contribution is -0.131. The first-order valence-corrected chi connectivity index (χ1v) is 16.9. The van der Waals surface area contributed by atoms with Crippen molar-refractivity contribution < 1.29 is 28.7 Å². The average Bonchev–Trinajstić information content (AvgIpc) is 3.11. The summed E-state index contributed by atoms with van der Waals surface area (Å²) in [7, 11) is 3.46. The summed E-state index contributed by atoms with van der Waals surface area (Å²) >= 11 is 0. The van der Waals surface area contributed by atoms with E-state index in [1.54, 1.807) is 38.1 Å². The molecule has 0 radical (unpaired) electrons. The van der Waals surface area contributed by atoms with Crippen LogP contribution < -0.4 is 43.9 Å². The first kappa shape index (κ1) is 55.0. The summed E-state index contributed by atoms with van der Waals surface area (Å²) in [4.78, 5) is 57.1. The van der Waals surface area contributed by atoms with E-state index in [0.717, 1.165) is 35.5 Å². The highest BCUT2D eigenvalue weighted by Gasteiger charge is 2.24. The van der Waals surface area contributed by atoms with Gasteiger partial charge in [0.15, 0.2) is 0 Å². The maximum atomic E-state index is 12.5. The molecule has 1 aromatic carbocycles. The Kier molecular flexibility index (Phi) is 44.7. The highest BCUT2D eigenvalue weighted by molar-refractivity contribution is 5.96. The third kappa shape index (κ3) is 36.4. The van der Waals surface area contributed by atoms with Gasteiger partial charge in [0.25, 0.3) is 0 Å². The Hall–Kier alpha value is -4.47. The van der Waals surface area contributed by atoms with E-state index in [1.165, 1.54) is 19.7 Å². The molecular weight excluding hydrogens is 642 g/mol. The molecule has 0 fully saturated rings. The molecule has 0 aliphatic rings. The number of rotatable bonds is 17. The van der Waals surface area contributed by atoms with Gasteiger partial charge in [-0.1, -0.05) is 72.8 Å². The number of hydrogen-bond donors (Lipinski definition) is 8. The van der Waals surface area contributed by atoms with Crippen LogP contribution in [0, 0.1) is 5.92 Å². The van der Waals surface area contributed by atoms with Gasteiger partial charge < -0.3 is 47.8 Å². The number of hydrazine groups is 1. The van der Waals surface area contributed by atoms with Crippen molar-refractivity contribution in [3.8, 4) is 0 Å². The Morgan fingerprint density at radius 3 is 1.94 bits per heavy atom. The van der Waals surface area contributed by atoms with Gasteiger partial charge in [-0.2, -0.15) is 0 Å². The summed E-state index contributed by atoms with van der Waals surface area (Å²) in [5.74, 6) is 3.94. The first-order valence-electron chi connectivity index (χ1n) is 16.9. The van der Waals surface area contributed by atoms with Gasteiger partial charge in [-0.05, 0) is 70.4 Å². The fraction of sp³-hybridized carbons (Fsp3) is 0.571. The van der Waals surface area contributed by atoms with Crippen LogP contribution in [0.15, 0.2) is 49.2 Å². The molecule has 1 unspecified atom stereocenters. The van der Waals surface area contributed by atoms with Crippen LogP contribution in [-0.2, 0) is 30.5 Å². The number of alkyl carbamates (subject to hydrolysis) is 1.